The molecule has 0 saturated heterocycles. The Morgan fingerprint density at radius 3 is 2.55 bits per heavy atom. The Morgan fingerprint density at radius 1 is 1.29 bits per heavy atom. The van der Waals surface area contributed by atoms with Crippen molar-refractivity contribution in [3.05, 3.63) is 52.3 Å². The highest BCUT2D eigenvalue weighted by molar-refractivity contribution is 9.10. The maximum atomic E-state index is 13.0. The molecule has 0 radical (unpaired) electrons. The molecule has 0 fully saturated rings. The van der Waals surface area contributed by atoms with Crippen LogP contribution in [0.5, 0.6) is 0 Å². The lowest BCUT2D eigenvalue weighted by molar-refractivity contribution is -0.0436. The van der Waals surface area contributed by atoms with Gasteiger partial charge in [-0.2, -0.15) is 23.5 Å². The number of carbonyl (C=O) groups is 1. The van der Waals surface area contributed by atoms with Gasteiger partial charge >= 0.3 is 5.51 Å². The Hall–Kier alpha value is -2.98. The second-order valence-corrected chi connectivity index (χ2v) is 9.71. The molecule has 1 amide bonds. The van der Waals surface area contributed by atoms with Crippen LogP contribution >= 0.6 is 15.9 Å². The van der Waals surface area contributed by atoms with E-state index in [1.165, 1.54) is 24.0 Å². The number of primary amides is 1. The molecular weight excluding hydrogens is 503 g/mol. The highest BCUT2D eigenvalue weighted by atomic mass is 79.9. The SMILES string of the molecule is CC(C#N)(Cn1cc2ncc(Br)cc2n1)c1cc(S(=O)(=O)C(F)(F)F)ccc1C(N)=O. The molecule has 8 nitrogen and oxygen atoms in total. The fraction of sp³-hybridized carbons (Fsp3) is 0.222. The van der Waals surface area contributed by atoms with E-state index in [-0.39, 0.29) is 17.7 Å². The van der Waals surface area contributed by atoms with Crippen LogP contribution in [0.1, 0.15) is 22.8 Å². The highest BCUT2D eigenvalue weighted by Crippen LogP contribution is 2.35. The number of nitriles is 1. The van der Waals surface area contributed by atoms with Crippen LogP contribution in [0, 0.1) is 11.3 Å². The van der Waals surface area contributed by atoms with Crippen LogP contribution in [0.15, 0.2) is 46.0 Å². The quantitative estimate of drug-likeness (QED) is 0.555. The normalized spacial score (nSPS) is 14.2. The third kappa shape index (κ3) is 4.13. The largest absolute Gasteiger partial charge is 0.501 e. The minimum Gasteiger partial charge on any atom is -0.366 e. The second kappa shape index (κ2) is 7.61. The molecule has 0 saturated carbocycles. The van der Waals surface area contributed by atoms with Crippen molar-refractivity contribution in [3.63, 3.8) is 0 Å². The molecule has 13 heteroatoms. The molecule has 0 spiro atoms. The smallest absolute Gasteiger partial charge is 0.366 e. The number of carbonyl (C=O) groups excluding carboxylic acids is 1. The first-order valence-electron chi connectivity index (χ1n) is 8.44. The molecular formula is C18H13BrF3N5O3S. The van der Waals surface area contributed by atoms with Crippen LogP contribution < -0.4 is 5.73 Å². The minimum absolute atomic E-state index is 0.215. The van der Waals surface area contributed by atoms with Gasteiger partial charge in [0.25, 0.3) is 9.84 Å². The van der Waals surface area contributed by atoms with Crippen molar-refractivity contribution >= 4 is 42.7 Å². The molecule has 0 aliphatic rings. The number of fused-ring (bicyclic) bond motifs is 1. The molecule has 1 aromatic carbocycles. The predicted octanol–water partition coefficient (Wildman–Crippen LogP) is 3.07. The lowest BCUT2D eigenvalue weighted by Crippen LogP contribution is -2.31. The average Bonchev–Trinajstić information content (AvgIpc) is 3.07. The standard InChI is InChI=1S/C18H13BrF3N5O3S/c1-17(8-23,9-27-7-15-14(26-27)4-10(19)6-25-15)13-5-11(2-3-12(13)16(24)28)31(29,30)18(20,21)22/h2-7H,9H2,1H3,(H2,24,28). The molecule has 1 atom stereocenters. The number of nitrogens with two attached hydrogens (primary N) is 1. The number of benzene rings is 1. The van der Waals surface area contributed by atoms with Gasteiger partial charge in [-0.1, -0.05) is 0 Å². The van der Waals surface area contributed by atoms with E-state index in [0.29, 0.717) is 27.6 Å². The van der Waals surface area contributed by atoms with Gasteiger partial charge in [-0.15, -0.1) is 0 Å². The molecule has 3 rings (SSSR count). The number of halogens is 4. The molecule has 0 aliphatic carbocycles. The molecule has 3 aromatic rings. The van der Waals surface area contributed by atoms with E-state index >= 15 is 0 Å². The molecule has 0 aliphatic heterocycles. The number of sulfone groups is 1. The van der Waals surface area contributed by atoms with Crippen LogP contribution in [0.4, 0.5) is 13.2 Å². The minimum atomic E-state index is -5.71. The van der Waals surface area contributed by atoms with E-state index in [2.05, 4.69) is 26.0 Å². The van der Waals surface area contributed by atoms with Crippen LogP contribution in [-0.2, 0) is 21.8 Å². The summed E-state index contributed by atoms with van der Waals surface area (Å²) in [5, 5.41) is 14.1. The van der Waals surface area contributed by atoms with E-state index in [1.54, 1.807) is 6.07 Å². The Morgan fingerprint density at radius 2 is 1.97 bits per heavy atom. The van der Waals surface area contributed by atoms with E-state index in [0.717, 1.165) is 6.07 Å². The topological polar surface area (TPSA) is 132 Å². The van der Waals surface area contributed by atoms with Gasteiger partial charge in [0.2, 0.25) is 5.91 Å². The van der Waals surface area contributed by atoms with Crippen molar-refractivity contribution in [1.82, 2.24) is 14.8 Å². The number of hydrogen-bond donors (Lipinski definition) is 1. The summed E-state index contributed by atoms with van der Waals surface area (Å²) < 4.78 is 64.8. The fourth-order valence-electron chi connectivity index (χ4n) is 3.01. The van der Waals surface area contributed by atoms with Gasteiger partial charge < -0.3 is 5.73 Å². The molecule has 31 heavy (non-hydrogen) atoms. The van der Waals surface area contributed by atoms with Crippen molar-refractivity contribution in [2.24, 2.45) is 5.73 Å². The number of rotatable bonds is 5. The number of alkyl halides is 3. The number of amides is 1. The van der Waals surface area contributed by atoms with Crippen LogP contribution in [0.3, 0.4) is 0 Å². The first-order chi connectivity index (χ1) is 14.3. The van der Waals surface area contributed by atoms with Crippen LogP contribution in [-0.4, -0.2) is 34.6 Å². The lowest BCUT2D eigenvalue weighted by Gasteiger charge is -2.25. The first kappa shape index (κ1) is 22.7. The highest BCUT2D eigenvalue weighted by Gasteiger charge is 2.47. The molecule has 0 bridgehead atoms. The molecule has 2 aromatic heterocycles. The molecule has 162 valence electrons. The number of aromatic nitrogens is 3. The Kier molecular flexibility index (Phi) is 5.57. The monoisotopic (exact) mass is 515 g/mol. The van der Waals surface area contributed by atoms with Crippen LogP contribution in [0.2, 0.25) is 0 Å². The van der Waals surface area contributed by atoms with Gasteiger partial charge in [-0.25, -0.2) is 8.42 Å². The van der Waals surface area contributed by atoms with Gasteiger partial charge in [0, 0.05) is 16.2 Å². The van der Waals surface area contributed by atoms with E-state index in [1.807, 2.05) is 6.07 Å². The summed E-state index contributed by atoms with van der Waals surface area (Å²) in [6.45, 7) is 1.13. The summed E-state index contributed by atoms with van der Waals surface area (Å²) in [7, 11) is -5.71. The Balaban J connectivity index is 2.16. The summed E-state index contributed by atoms with van der Waals surface area (Å²) in [6.07, 6.45) is 3.05. The zero-order valence-corrected chi connectivity index (χ0v) is 18.1. The van der Waals surface area contributed by atoms with Crippen LogP contribution in [0.25, 0.3) is 11.0 Å². The molecule has 1 unspecified atom stereocenters. The summed E-state index contributed by atoms with van der Waals surface area (Å²) in [5.41, 5.74) is -1.44. The summed E-state index contributed by atoms with van der Waals surface area (Å²) in [4.78, 5) is 14.9. The molecule has 2 N–H and O–H groups in total. The fourth-order valence-corrected chi connectivity index (χ4v) is 4.12. The van der Waals surface area contributed by atoms with Crippen molar-refractivity contribution in [3.8, 4) is 6.07 Å². The third-order valence-corrected chi connectivity index (χ3v) is 6.48. The summed E-state index contributed by atoms with van der Waals surface area (Å²) in [5.74, 6) is -1.02. The van der Waals surface area contributed by atoms with Crippen molar-refractivity contribution in [1.29, 1.82) is 5.26 Å². The van der Waals surface area contributed by atoms with Gasteiger partial charge in [-0.05, 0) is 52.7 Å². The van der Waals surface area contributed by atoms with Crippen molar-refractivity contribution in [2.45, 2.75) is 29.3 Å². The van der Waals surface area contributed by atoms with E-state index < -0.39 is 31.6 Å². The van der Waals surface area contributed by atoms with E-state index in [4.69, 9.17) is 5.73 Å². The van der Waals surface area contributed by atoms with Gasteiger partial charge in [0.05, 0.1) is 29.1 Å². The number of hydrogen-bond acceptors (Lipinski definition) is 6. The van der Waals surface area contributed by atoms with Gasteiger partial charge in [0.15, 0.2) is 0 Å². The van der Waals surface area contributed by atoms with Gasteiger partial charge in [0.1, 0.15) is 11.0 Å². The third-order valence-electron chi connectivity index (χ3n) is 4.56. The number of pyridine rings is 1. The first-order valence-corrected chi connectivity index (χ1v) is 10.7. The maximum absolute atomic E-state index is 13.0. The second-order valence-electron chi connectivity index (χ2n) is 6.85. The van der Waals surface area contributed by atoms with Gasteiger partial charge in [-0.3, -0.25) is 14.5 Å². The number of nitrogens with zero attached hydrogens (tertiary/aromatic N) is 4. The zero-order valence-electron chi connectivity index (χ0n) is 15.7. The summed E-state index contributed by atoms with van der Waals surface area (Å²) >= 11 is 3.26. The van der Waals surface area contributed by atoms with Crippen molar-refractivity contribution < 1.29 is 26.4 Å². The lowest BCUT2D eigenvalue weighted by atomic mass is 9.81. The average molecular weight is 516 g/mol. The Labute approximate surface area is 182 Å². The Bertz CT molecular complexity index is 1350. The molecule has 2 heterocycles. The predicted molar refractivity (Wildman–Crippen MR) is 106 cm³/mol. The zero-order chi connectivity index (χ0) is 23.2. The van der Waals surface area contributed by atoms with Crippen molar-refractivity contribution in [2.75, 3.05) is 0 Å². The maximum Gasteiger partial charge on any atom is 0.501 e. The van der Waals surface area contributed by atoms with E-state index in [9.17, 15) is 31.6 Å². The summed E-state index contributed by atoms with van der Waals surface area (Å²) in [6, 6.07) is 5.77.